The molecule has 0 unspecified atom stereocenters. The van der Waals surface area contributed by atoms with Gasteiger partial charge in [0, 0.05) is 17.5 Å². The molecule has 1 amide bonds. The first-order chi connectivity index (χ1) is 13.0. The van der Waals surface area contributed by atoms with Gasteiger partial charge in [0.05, 0.1) is 11.1 Å². The number of nitrogens with zero attached hydrogens (tertiary/aromatic N) is 2. The normalized spacial score (nSPS) is 15.1. The number of carbonyl (C=O) groups is 1. The van der Waals surface area contributed by atoms with Crippen LogP contribution in [0.3, 0.4) is 0 Å². The van der Waals surface area contributed by atoms with Crippen LogP contribution in [-0.2, 0) is 17.8 Å². The Balaban J connectivity index is 1.81. The summed E-state index contributed by atoms with van der Waals surface area (Å²) in [6.07, 6.45) is 6.37. The number of hydrogen-bond acceptors (Lipinski definition) is 5. The molecule has 0 bridgehead atoms. The third kappa shape index (κ3) is 5.13. The molecule has 0 saturated heterocycles. The SMILES string of the molecule is CCc1cc2c(=O)n(CCC(C)C)c(SCC(=O)NC3CCCC3)nc2s1. The minimum Gasteiger partial charge on any atom is -0.353 e. The van der Waals surface area contributed by atoms with E-state index in [0.29, 0.717) is 34.8 Å². The van der Waals surface area contributed by atoms with Crippen molar-refractivity contribution in [3.05, 3.63) is 21.3 Å². The summed E-state index contributed by atoms with van der Waals surface area (Å²) in [6.45, 7) is 7.03. The number of thioether (sulfide) groups is 1. The van der Waals surface area contributed by atoms with Crippen molar-refractivity contribution in [3.8, 4) is 0 Å². The van der Waals surface area contributed by atoms with Crippen LogP contribution in [0.2, 0.25) is 0 Å². The molecule has 2 heterocycles. The molecule has 0 atom stereocenters. The average Bonchev–Trinajstić information content (AvgIpc) is 3.28. The zero-order valence-corrected chi connectivity index (χ0v) is 18.0. The van der Waals surface area contributed by atoms with E-state index in [1.807, 2.05) is 6.07 Å². The monoisotopic (exact) mass is 407 g/mol. The second-order valence-electron chi connectivity index (χ2n) is 7.66. The summed E-state index contributed by atoms with van der Waals surface area (Å²) < 4.78 is 1.77. The maximum atomic E-state index is 13.0. The van der Waals surface area contributed by atoms with Crippen LogP contribution >= 0.6 is 23.1 Å². The average molecular weight is 408 g/mol. The molecular weight excluding hydrogens is 378 g/mol. The van der Waals surface area contributed by atoms with Crippen LogP contribution in [0.15, 0.2) is 16.0 Å². The number of amides is 1. The Morgan fingerprint density at radius 2 is 2.15 bits per heavy atom. The molecule has 0 spiro atoms. The number of rotatable bonds is 8. The van der Waals surface area contributed by atoms with E-state index in [2.05, 4.69) is 26.1 Å². The molecular formula is C20H29N3O2S2. The fourth-order valence-corrected chi connectivity index (χ4v) is 5.23. The Morgan fingerprint density at radius 3 is 2.81 bits per heavy atom. The predicted molar refractivity (Wildman–Crippen MR) is 114 cm³/mol. The van der Waals surface area contributed by atoms with Crippen LogP contribution in [0.5, 0.6) is 0 Å². The van der Waals surface area contributed by atoms with E-state index in [0.717, 1.165) is 30.5 Å². The Hall–Kier alpha value is -1.34. The summed E-state index contributed by atoms with van der Waals surface area (Å²) in [5.74, 6) is 0.851. The van der Waals surface area contributed by atoms with Gasteiger partial charge >= 0.3 is 0 Å². The van der Waals surface area contributed by atoms with Crippen molar-refractivity contribution in [2.24, 2.45) is 5.92 Å². The smallest absolute Gasteiger partial charge is 0.262 e. The number of aryl methyl sites for hydroxylation is 1. The third-order valence-corrected chi connectivity index (χ3v) is 7.15. The molecule has 0 aromatic carbocycles. The van der Waals surface area contributed by atoms with E-state index in [1.165, 1.54) is 29.5 Å². The van der Waals surface area contributed by atoms with Crippen molar-refractivity contribution < 1.29 is 4.79 Å². The van der Waals surface area contributed by atoms with Gasteiger partial charge in [0.2, 0.25) is 5.91 Å². The van der Waals surface area contributed by atoms with E-state index in [1.54, 1.807) is 15.9 Å². The number of nitrogens with one attached hydrogen (secondary N) is 1. The summed E-state index contributed by atoms with van der Waals surface area (Å²) >= 11 is 2.96. The molecule has 2 aromatic heterocycles. The van der Waals surface area contributed by atoms with Gasteiger partial charge in [-0.15, -0.1) is 11.3 Å². The standard InChI is InChI=1S/C20H29N3O2S2/c1-4-15-11-16-18(27-15)22-20(23(19(16)25)10-9-13(2)3)26-12-17(24)21-14-7-5-6-8-14/h11,13-14H,4-10,12H2,1-3H3,(H,21,24). The minimum atomic E-state index is 0.0234. The number of fused-ring (bicyclic) bond motifs is 1. The summed E-state index contributed by atoms with van der Waals surface area (Å²) in [6, 6.07) is 2.30. The summed E-state index contributed by atoms with van der Waals surface area (Å²) in [5.41, 5.74) is 0.0234. The highest BCUT2D eigenvalue weighted by atomic mass is 32.2. The maximum absolute atomic E-state index is 13.0. The fourth-order valence-electron chi connectivity index (χ4n) is 3.39. The molecule has 148 valence electrons. The van der Waals surface area contributed by atoms with Crippen molar-refractivity contribution in [1.82, 2.24) is 14.9 Å². The molecule has 3 rings (SSSR count). The quantitative estimate of drug-likeness (QED) is 0.526. The molecule has 1 fully saturated rings. The lowest BCUT2D eigenvalue weighted by atomic mass is 10.1. The van der Waals surface area contributed by atoms with Crippen molar-refractivity contribution in [2.75, 3.05) is 5.75 Å². The Bertz CT molecular complexity index is 851. The number of thiophene rings is 1. The topological polar surface area (TPSA) is 64.0 Å². The van der Waals surface area contributed by atoms with Gasteiger partial charge < -0.3 is 5.32 Å². The van der Waals surface area contributed by atoms with E-state index in [-0.39, 0.29) is 11.5 Å². The lowest BCUT2D eigenvalue weighted by Crippen LogP contribution is -2.34. The summed E-state index contributed by atoms with van der Waals surface area (Å²) in [4.78, 5) is 32.0. The number of hydrogen-bond donors (Lipinski definition) is 1. The van der Waals surface area contributed by atoms with E-state index >= 15 is 0 Å². The second kappa shape index (κ2) is 9.24. The molecule has 1 aliphatic carbocycles. The molecule has 0 radical (unpaired) electrons. The molecule has 1 saturated carbocycles. The van der Waals surface area contributed by atoms with Gasteiger partial charge in [-0.25, -0.2) is 4.98 Å². The van der Waals surface area contributed by atoms with Gasteiger partial charge in [0.15, 0.2) is 5.16 Å². The first-order valence-electron chi connectivity index (χ1n) is 9.93. The van der Waals surface area contributed by atoms with Gasteiger partial charge in [-0.2, -0.15) is 0 Å². The molecule has 27 heavy (non-hydrogen) atoms. The van der Waals surface area contributed by atoms with Gasteiger partial charge in [0.1, 0.15) is 4.83 Å². The van der Waals surface area contributed by atoms with Crippen LogP contribution in [0.25, 0.3) is 10.2 Å². The van der Waals surface area contributed by atoms with Gasteiger partial charge in [-0.05, 0) is 37.7 Å². The minimum absolute atomic E-state index is 0.0234. The Morgan fingerprint density at radius 1 is 1.41 bits per heavy atom. The highest BCUT2D eigenvalue weighted by Gasteiger charge is 2.19. The van der Waals surface area contributed by atoms with Crippen molar-refractivity contribution >= 4 is 39.2 Å². The van der Waals surface area contributed by atoms with Crippen molar-refractivity contribution in [3.63, 3.8) is 0 Å². The summed E-state index contributed by atoms with van der Waals surface area (Å²) in [5, 5.41) is 4.49. The van der Waals surface area contributed by atoms with Crippen LogP contribution in [0, 0.1) is 5.92 Å². The van der Waals surface area contributed by atoms with Gasteiger partial charge in [-0.1, -0.05) is 45.4 Å². The Labute approximate surface area is 169 Å². The molecule has 0 aliphatic heterocycles. The first-order valence-corrected chi connectivity index (χ1v) is 11.7. The number of carbonyl (C=O) groups excluding carboxylic acids is 1. The largest absolute Gasteiger partial charge is 0.353 e. The fraction of sp³-hybridized carbons (Fsp3) is 0.650. The zero-order chi connectivity index (χ0) is 19.4. The van der Waals surface area contributed by atoms with Crippen molar-refractivity contribution in [1.29, 1.82) is 0 Å². The first kappa shape index (κ1) is 20.4. The van der Waals surface area contributed by atoms with E-state index in [9.17, 15) is 9.59 Å². The van der Waals surface area contributed by atoms with Crippen molar-refractivity contribution in [2.45, 2.75) is 77.0 Å². The van der Waals surface area contributed by atoms with Crippen LogP contribution in [0.4, 0.5) is 0 Å². The maximum Gasteiger partial charge on any atom is 0.262 e. The number of aromatic nitrogens is 2. The lowest BCUT2D eigenvalue weighted by Gasteiger charge is -2.14. The van der Waals surface area contributed by atoms with Gasteiger partial charge in [-0.3, -0.25) is 14.2 Å². The molecule has 7 heteroatoms. The lowest BCUT2D eigenvalue weighted by molar-refractivity contribution is -0.119. The van der Waals surface area contributed by atoms with E-state index < -0.39 is 0 Å². The molecule has 1 aliphatic rings. The highest BCUT2D eigenvalue weighted by Crippen LogP contribution is 2.26. The second-order valence-corrected chi connectivity index (χ2v) is 9.71. The highest BCUT2D eigenvalue weighted by molar-refractivity contribution is 7.99. The summed E-state index contributed by atoms with van der Waals surface area (Å²) in [7, 11) is 0. The predicted octanol–water partition coefficient (Wildman–Crippen LogP) is 4.22. The molecule has 1 N–H and O–H groups in total. The molecule has 2 aromatic rings. The van der Waals surface area contributed by atoms with Crippen LogP contribution in [-0.4, -0.2) is 27.3 Å². The third-order valence-electron chi connectivity index (χ3n) is 5.00. The van der Waals surface area contributed by atoms with Crippen LogP contribution < -0.4 is 10.9 Å². The zero-order valence-electron chi connectivity index (χ0n) is 16.4. The van der Waals surface area contributed by atoms with Crippen LogP contribution in [0.1, 0.15) is 57.8 Å². The Kier molecular flexibility index (Phi) is 6.98. The molecule has 5 nitrogen and oxygen atoms in total. The van der Waals surface area contributed by atoms with Gasteiger partial charge in [0.25, 0.3) is 5.56 Å². The van der Waals surface area contributed by atoms with E-state index in [4.69, 9.17) is 4.98 Å².